The highest BCUT2D eigenvalue weighted by atomic mass is 127. The molecular weight excluding hydrogens is 497 g/mol. The molecule has 0 unspecified atom stereocenters. The summed E-state index contributed by atoms with van der Waals surface area (Å²) in [6.07, 6.45) is 2.54. The molecule has 0 aromatic heterocycles. The lowest BCUT2D eigenvalue weighted by Crippen LogP contribution is -2.20. The number of anilines is 1. The molecule has 2 aromatic carbocycles. The Labute approximate surface area is 190 Å². The Bertz CT molecular complexity index is 898. The fourth-order valence-electron chi connectivity index (χ4n) is 2.48. The van der Waals surface area contributed by atoms with E-state index in [1.807, 2.05) is 44.2 Å². The second-order valence-electron chi connectivity index (χ2n) is 6.59. The molecule has 30 heavy (non-hydrogen) atoms. The van der Waals surface area contributed by atoms with Crippen molar-refractivity contribution < 1.29 is 19.1 Å². The monoisotopic (exact) mass is 523 g/mol. The van der Waals surface area contributed by atoms with E-state index in [1.54, 1.807) is 13.2 Å². The van der Waals surface area contributed by atoms with Crippen molar-refractivity contribution in [3.8, 4) is 11.5 Å². The van der Waals surface area contributed by atoms with Gasteiger partial charge in [0.1, 0.15) is 0 Å². The van der Waals surface area contributed by atoms with Crippen LogP contribution in [0.4, 0.5) is 5.69 Å². The Kier molecular flexibility index (Phi) is 9.59. The van der Waals surface area contributed by atoms with E-state index < -0.39 is 0 Å². The lowest BCUT2D eigenvalue weighted by Gasteiger charge is -2.12. The number of nitrogens with one attached hydrogen (secondary N) is 2. The molecule has 0 bridgehead atoms. The zero-order valence-corrected chi connectivity index (χ0v) is 19.5. The molecule has 160 valence electrons. The fourth-order valence-corrected chi connectivity index (χ4v) is 3.26. The number of hydrazone groups is 1. The van der Waals surface area contributed by atoms with Crippen molar-refractivity contribution in [3.63, 3.8) is 0 Å². The molecule has 0 saturated carbocycles. The Morgan fingerprint density at radius 2 is 1.83 bits per heavy atom. The molecule has 0 aliphatic heterocycles. The van der Waals surface area contributed by atoms with E-state index in [0.29, 0.717) is 23.8 Å². The van der Waals surface area contributed by atoms with Gasteiger partial charge in [0, 0.05) is 18.5 Å². The molecule has 0 aliphatic rings. The number of aryl methyl sites for hydroxylation is 1. The van der Waals surface area contributed by atoms with Gasteiger partial charge in [-0.1, -0.05) is 24.6 Å². The number of carbonyl (C=O) groups excluding carboxylic acids is 2. The van der Waals surface area contributed by atoms with Gasteiger partial charge in [-0.3, -0.25) is 9.59 Å². The van der Waals surface area contributed by atoms with E-state index in [4.69, 9.17) is 9.47 Å². The Hall–Kier alpha value is -2.62. The maximum Gasteiger partial charge on any atom is 0.240 e. The van der Waals surface area contributed by atoms with Gasteiger partial charge in [-0.25, -0.2) is 5.43 Å². The molecule has 2 amide bonds. The van der Waals surface area contributed by atoms with Gasteiger partial charge in [0.25, 0.3) is 0 Å². The number of nitrogens with zero attached hydrogens (tertiary/aromatic N) is 1. The first-order valence-electron chi connectivity index (χ1n) is 9.61. The smallest absolute Gasteiger partial charge is 0.240 e. The largest absolute Gasteiger partial charge is 0.493 e. The summed E-state index contributed by atoms with van der Waals surface area (Å²) < 4.78 is 12.0. The number of benzene rings is 2. The van der Waals surface area contributed by atoms with E-state index in [1.165, 1.54) is 6.21 Å². The van der Waals surface area contributed by atoms with Gasteiger partial charge in [-0.15, -0.1) is 0 Å². The average Bonchev–Trinajstić information content (AvgIpc) is 2.73. The molecule has 0 saturated heterocycles. The van der Waals surface area contributed by atoms with Crippen LogP contribution in [0.3, 0.4) is 0 Å². The number of hydrogen-bond donors (Lipinski definition) is 2. The summed E-state index contributed by atoms with van der Waals surface area (Å²) >= 11 is 2.17. The second kappa shape index (κ2) is 12.2. The number of ether oxygens (including phenoxy) is 2. The van der Waals surface area contributed by atoms with Crippen LogP contribution in [0, 0.1) is 10.5 Å². The molecule has 0 atom stereocenters. The Morgan fingerprint density at radius 3 is 2.50 bits per heavy atom. The van der Waals surface area contributed by atoms with Crippen LogP contribution in [-0.4, -0.2) is 31.7 Å². The van der Waals surface area contributed by atoms with Gasteiger partial charge in [0.2, 0.25) is 11.8 Å². The number of hydrogen-bond acceptors (Lipinski definition) is 5. The fraction of sp³-hybridized carbons (Fsp3) is 0.318. The summed E-state index contributed by atoms with van der Waals surface area (Å²) in [7, 11) is 1.58. The van der Waals surface area contributed by atoms with Crippen LogP contribution in [0.2, 0.25) is 0 Å². The van der Waals surface area contributed by atoms with Crippen molar-refractivity contribution >= 4 is 46.3 Å². The van der Waals surface area contributed by atoms with Crippen molar-refractivity contribution in [2.24, 2.45) is 5.10 Å². The minimum absolute atomic E-state index is 0.0414. The molecule has 0 fully saturated rings. The summed E-state index contributed by atoms with van der Waals surface area (Å²) in [6.45, 7) is 4.62. The van der Waals surface area contributed by atoms with E-state index in [-0.39, 0.29) is 24.7 Å². The molecular formula is C22H26IN3O4. The summed E-state index contributed by atoms with van der Waals surface area (Å²) in [5.74, 6) is 0.742. The van der Waals surface area contributed by atoms with E-state index in [9.17, 15) is 9.59 Å². The highest BCUT2D eigenvalue weighted by Crippen LogP contribution is 2.33. The predicted octanol–water partition coefficient (Wildman–Crippen LogP) is 4.27. The van der Waals surface area contributed by atoms with Crippen LogP contribution >= 0.6 is 22.6 Å². The first kappa shape index (κ1) is 23.7. The third kappa shape index (κ3) is 7.66. The number of amides is 2. The van der Waals surface area contributed by atoms with Gasteiger partial charge in [0.15, 0.2) is 11.5 Å². The van der Waals surface area contributed by atoms with E-state index in [2.05, 4.69) is 38.4 Å². The third-order valence-electron chi connectivity index (χ3n) is 4.02. The molecule has 0 heterocycles. The van der Waals surface area contributed by atoms with Crippen LogP contribution in [0.15, 0.2) is 41.5 Å². The number of carbonyl (C=O) groups is 2. The molecule has 8 heteroatoms. The summed E-state index contributed by atoms with van der Waals surface area (Å²) in [5.41, 5.74) is 5.02. The zero-order chi connectivity index (χ0) is 21.9. The SMILES string of the molecule is CCCOc1c(I)cc(C=NNC(=O)CCC(=O)Nc2ccc(C)cc2)cc1OC. The lowest BCUT2D eigenvalue weighted by molar-refractivity contribution is -0.124. The highest BCUT2D eigenvalue weighted by Gasteiger charge is 2.11. The second-order valence-corrected chi connectivity index (χ2v) is 7.75. The molecule has 2 rings (SSSR count). The maximum atomic E-state index is 12.0. The van der Waals surface area contributed by atoms with Crippen molar-refractivity contribution in [3.05, 3.63) is 51.1 Å². The Balaban J connectivity index is 1.84. The van der Waals surface area contributed by atoms with Crippen LogP contribution in [0.5, 0.6) is 11.5 Å². The minimum Gasteiger partial charge on any atom is -0.493 e. The van der Waals surface area contributed by atoms with E-state index >= 15 is 0 Å². The number of rotatable bonds is 10. The van der Waals surface area contributed by atoms with Gasteiger partial charge in [-0.2, -0.15) is 5.10 Å². The summed E-state index contributed by atoms with van der Waals surface area (Å²) in [4.78, 5) is 23.9. The molecule has 7 nitrogen and oxygen atoms in total. The topological polar surface area (TPSA) is 89.0 Å². The van der Waals surface area contributed by atoms with Gasteiger partial charge in [-0.05, 0) is 65.8 Å². The lowest BCUT2D eigenvalue weighted by atomic mass is 10.2. The first-order chi connectivity index (χ1) is 14.4. The van der Waals surface area contributed by atoms with Gasteiger partial charge < -0.3 is 14.8 Å². The molecule has 2 aromatic rings. The summed E-state index contributed by atoms with van der Waals surface area (Å²) in [5, 5.41) is 6.73. The first-order valence-corrected chi connectivity index (χ1v) is 10.7. The Morgan fingerprint density at radius 1 is 1.13 bits per heavy atom. The quantitative estimate of drug-likeness (QED) is 0.277. The van der Waals surface area contributed by atoms with Crippen molar-refractivity contribution in [2.75, 3.05) is 19.0 Å². The average molecular weight is 523 g/mol. The number of halogens is 1. The van der Waals surface area contributed by atoms with Crippen LogP contribution in [0.25, 0.3) is 0 Å². The van der Waals surface area contributed by atoms with Gasteiger partial charge >= 0.3 is 0 Å². The van der Waals surface area contributed by atoms with Crippen LogP contribution in [0.1, 0.15) is 37.3 Å². The van der Waals surface area contributed by atoms with Crippen molar-refractivity contribution in [2.45, 2.75) is 33.1 Å². The third-order valence-corrected chi connectivity index (χ3v) is 4.82. The van der Waals surface area contributed by atoms with Crippen molar-refractivity contribution in [1.82, 2.24) is 5.43 Å². The summed E-state index contributed by atoms with van der Waals surface area (Å²) in [6, 6.07) is 11.2. The van der Waals surface area contributed by atoms with Crippen LogP contribution in [-0.2, 0) is 9.59 Å². The van der Waals surface area contributed by atoms with Crippen LogP contribution < -0.4 is 20.2 Å². The molecule has 0 spiro atoms. The van der Waals surface area contributed by atoms with Crippen molar-refractivity contribution in [1.29, 1.82) is 0 Å². The minimum atomic E-state index is -0.338. The van der Waals surface area contributed by atoms with E-state index in [0.717, 1.165) is 21.1 Å². The zero-order valence-electron chi connectivity index (χ0n) is 17.3. The predicted molar refractivity (Wildman–Crippen MR) is 126 cm³/mol. The highest BCUT2D eigenvalue weighted by molar-refractivity contribution is 14.1. The molecule has 0 aliphatic carbocycles. The molecule has 0 radical (unpaired) electrons. The number of methoxy groups -OCH3 is 1. The van der Waals surface area contributed by atoms with Gasteiger partial charge in [0.05, 0.1) is 23.5 Å². The molecule has 2 N–H and O–H groups in total. The standard InChI is InChI=1S/C22H26IN3O4/c1-4-11-30-22-18(23)12-16(13-19(22)29-3)14-24-26-21(28)10-9-20(27)25-17-7-5-15(2)6-8-17/h5-8,12-14H,4,9-11H2,1-3H3,(H,25,27)(H,26,28). The normalized spacial score (nSPS) is 10.7. The maximum absolute atomic E-state index is 12.0.